The quantitative estimate of drug-likeness (QED) is 0.175. The fourth-order valence-electron chi connectivity index (χ4n) is 7.02. The maximum absolute atomic E-state index is 12.5. The van der Waals surface area contributed by atoms with Crippen molar-refractivity contribution in [2.24, 2.45) is 7.05 Å². The number of ether oxygens (including phenoxy) is 3. The molecule has 6 rings (SSSR count). The molecule has 0 saturated carbocycles. The number of fused-ring (bicyclic) bond motifs is 1. The van der Waals surface area contributed by atoms with Crippen LogP contribution >= 0.6 is 0 Å². The first kappa shape index (κ1) is 32.4. The number of benzene rings is 3. The molecule has 2 aliphatic heterocycles. The van der Waals surface area contributed by atoms with Crippen LogP contribution in [0.15, 0.2) is 60.7 Å². The second-order valence-electron chi connectivity index (χ2n) is 12.7. The Morgan fingerprint density at radius 3 is 2.47 bits per heavy atom. The Hall–Kier alpha value is -4.50. The van der Waals surface area contributed by atoms with Crippen LogP contribution in [0.3, 0.4) is 0 Å². The summed E-state index contributed by atoms with van der Waals surface area (Å²) in [6.45, 7) is 10.8. The average molecular weight is 640 g/mol. The monoisotopic (exact) mass is 639 g/mol. The predicted octanol–water partition coefficient (Wildman–Crippen LogP) is 7.00. The predicted molar refractivity (Wildman–Crippen MR) is 185 cm³/mol. The molecule has 47 heavy (non-hydrogen) atoms. The number of aliphatic carboxylic acids is 1. The maximum Gasteiger partial charge on any atom is 0.341 e. The number of carboxylic acid groups (broad SMARTS) is 1. The molecule has 3 heterocycles. The van der Waals surface area contributed by atoms with Gasteiger partial charge < -0.3 is 33.7 Å². The van der Waals surface area contributed by atoms with Crippen molar-refractivity contribution in [3.05, 3.63) is 77.4 Å². The van der Waals surface area contributed by atoms with Crippen LogP contribution in [0.4, 0.5) is 11.4 Å². The number of carbonyl (C=O) groups is 2. The van der Waals surface area contributed by atoms with Crippen molar-refractivity contribution in [2.75, 3.05) is 49.3 Å². The standard InChI is InChI=1S/C38H45N3O6/c1-5-25(2)36-32-14-10-28(38(44)47-24-35(42)43)22-34(32)39(4)37(36)27-8-12-31(13-9-27)46-23-29-21-30(41-16-6-7-26(41)3)11-15-33(29)40-17-19-45-20-18-40/h8-15,21-22,25-26H,5-7,16-20,23-24H2,1-4H3,(H,42,43). The van der Waals surface area contributed by atoms with E-state index >= 15 is 0 Å². The van der Waals surface area contributed by atoms with Crippen molar-refractivity contribution >= 4 is 34.2 Å². The largest absolute Gasteiger partial charge is 0.489 e. The van der Waals surface area contributed by atoms with Gasteiger partial charge in [0, 0.05) is 60.6 Å². The molecule has 0 amide bonds. The molecule has 2 unspecified atom stereocenters. The number of esters is 1. The van der Waals surface area contributed by atoms with Crippen LogP contribution in [0.1, 0.15) is 67.4 Å². The van der Waals surface area contributed by atoms with Crippen LogP contribution < -0.4 is 14.5 Å². The number of morpholine rings is 1. The van der Waals surface area contributed by atoms with Crippen molar-refractivity contribution in [3.63, 3.8) is 0 Å². The fraction of sp³-hybridized carbons (Fsp3) is 0.421. The van der Waals surface area contributed by atoms with Crippen molar-refractivity contribution in [3.8, 4) is 17.0 Å². The minimum Gasteiger partial charge on any atom is -0.489 e. The zero-order valence-corrected chi connectivity index (χ0v) is 27.8. The van der Waals surface area contributed by atoms with Crippen molar-refractivity contribution in [2.45, 2.75) is 58.6 Å². The highest BCUT2D eigenvalue weighted by molar-refractivity contribution is 5.99. The second-order valence-corrected chi connectivity index (χ2v) is 12.7. The van der Waals surface area contributed by atoms with Gasteiger partial charge in [0.1, 0.15) is 12.4 Å². The van der Waals surface area contributed by atoms with Crippen LogP contribution in [0, 0.1) is 0 Å². The summed E-state index contributed by atoms with van der Waals surface area (Å²) in [4.78, 5) is 28.4. The number of rotatable bonds is 11. The first-order valence-electron chi connectivity index (χ1n) is 16.7. The Labute approximate surface area is 276 Å². The van der Waals surface area contributed by atoms with Crippen molar-refractivity contribution in [1.82, 2.24) is 4.57 Å². The lowest BCUT2D eigenvalue weighted by atomic mass is 9.92. The summed E-state index contributed by atoms with van der Waals surface area (Å²) >= 11 is 0. The molecule has 9 nitrogen and oxygen atoms in total. The molecule has 0 radical (unpaired) electrons. The summed E-state index contributed by atoms with van der Waals surface area (Å²) in [6, 6.07) is 21.1. The van der Waals surface area contributed by atoms with Gasteiger partial charge in [-0.05, 0) is 97.8 Å². The van der Waals surface area contributed by atoms with Crippen LogP contribution in [0.25, 0.3) is 22.2 Å². The Kier molecular flexibility index (Phi) is 9.73. The van der Waals surface area contributed by atoms with E-state index in [1.54, 1.807) is 12.1 Å². The lowest BCUT2D eigenvalue weighted by molar-refractivity contribution is -0.140. The van der Waals surface area contributed by atoms with Gasteiger partial charge in [0.15, 0.2) is 6.61 Å². The van der Waals surface area contributed by atoms with E-state index in [2.05, 4.69) is 65.5 Å². The first-order chi connectivity index (χ1) is 22.7. The van der Waals surface area contributed by atoms with E-state index in [-0.39, 0.29) is 5.92 Å². The third kappa shape index (κ3) is 6.81. The van der Waals surface area contributed by atoms with E-state index in [0.29, 0.717) is 18.2 Å². The molecule has 9 heteroatoms. The molecule has 0 bridgehead atoms. The van der Waals surface area contributed by atoms with E-state index in [0.717, 1.165) is 67.2 Å². The molecule has 2 aliphatic rings. The summed E-state index contributed by atoms with van der Waals surface area (Å²) in [7, 11) is 2.00. The van der Waals surface area contributed by atoms with E-state index in [1.165, 1.54) is 35.3 Å². The highest BCUT2D eigenvalue weighted by Gasteiger charge is 2.24. The smallest absolute Gasteiger partial charge is 0.341 e. The number of aryl methyl sites for hydroxylation is 1. The SMILES string of the molecule is CCC(C)c1c(-c2ccc(OCc3cc(N4CCCC4C)ccc3N3CCOCC3)cc2)n(C)c2cc(C(=O)OCC(=O)O)ccc12. The molecule has 248 valence electrons. The molecule has 3 aromatic carbocycles. The van der Waals surface area contributed by atoms with Crippen LogP contribution in [0.5, 0.6) is 5.75 Å². The topological polar surface area (TPSA) is 93.5 Å². The van der Waals surface area contributed by atoms with E-state index < -0.39 is 18.5 Å². The van der Waals surface area contributed by atoms with Gasteiger partial charge in [0.2, 0.25) is 0 Å². The lowest BCUT2D eigenvalue weighted by Gasteiger charge is -2.32. The van der Waals surface area contributed by atoms with Crippen molar-refractivity contribution < 1.29 is 28.9 Å². The highest BCUT2D eigenvalue weighted by atomic mass is 16.5. The van der Waals surface area contributed by atoms with E-state index in [4.69, 9.17) is 19.3 Å². The van der Waals surface area contributed by atoms with Gasteiger partial charge in [0.05, 0.1) is 24.5 Å². The molecule has 0 aliphatic carbocycles. The van der Waals surface area contributed by atoms with Crippen LogP contribution in [-0.4, -0.2) is 67.1 Å². The zero-order valence-electron chi connectivity index (χ0n) is 27.8. The van der Waals surface area contributed by atoms with Gasteiger partial charge in [-0.1, -0.05) is 19.9 Å². The number of hydrogen-bond donors (Lipinski definition) is 1. The summed E-state index contributed by atoms with van der Waals surface area (Å²) in [5, 5.41) is 9.98. The minimum atomic E-state index is -1.19. The molecular weight excluding hydrogens is 594 g/mol. The molecule has 2 atom stereocenters. The Morgan fingerprint density at radius 2 is 1.79 bits per heavy atom. The fourth-order valence-corrected chi connectivity index (χ4v) is 7.02. The second kappa shape index (κ2) is 14.1. The molecule has 0 spiro atoms. The molecule has 4 aromatic rings. The number of hydrogen-bond acceptors (Lipinski definition) is 7. The van der Waals surface area contributed by atoms with Gasteiger partial charge in [-0.2, -0.15) is 0 Å². The zero-order chi connectivity index (χ0) is 33.1. The summed E-state index contributed by atoms with van der Waals surface area (Å²) < 4.78 is 19.1. The third-order valence-electron chi connectivity index (χ3n) is 9.73. The minimum absolute atomic E-state index is 0.277. The molecule has 2 fully saturated rings. The molecule has 1 aromatic heterocycles. The summed E-state index contributed by atoms with van der Waals surface area (Å²) in [5.41, 5.74) is 8.21. The number of aromatic nitrogens is 1. The van der Waals surface area contributed by atoms with E-state index in [1.807, 2.05) is 25.2 Å². The number of carboxylic acids is 1. The molecular formula is C38H45N3O6. The average Bonchev–Trinajstić information content (AvgIpc) is 3.66. The first-order valence-corrected chi connectivity index (χ1v) is 16.7. The number of carbonyl (C=O) groups excluding carboxylic acids is 1. The Balaban J connectivity index is 1.27. The van der Waals surface area contributed by atoms with Gasteiger partial charge in [-0.15, -0.1) is 0 Å². The van der Waals surface area contributed by atoms with Crippen molar-refractivity contribution in [1.29, 1.82) is 0 Å². The van der Waals surface area contributed by atoms with Gasteiger partial charge in [-0.3, -0.25) is 0 Å². The van der Waals surface area contributed by atoms with Gasteiger partial charge >= 0.3 is 11.9 Å². The number of anilines is 2. The van der Waals surface area contributed by atoms with Crippen LogP contribution in [-0.2, 0) is 27.9 Å². The highest BCUT2D eigenvalue weighted by Crippen LogP contribution is 2.40. The lowest BCUT2D eigenvalue weighted by Crippen LogP contribution is -2.37. The van der Waals surface area contributed by atoms with Gasteiger partial charge in [0.25, 0.3) is 0 Å². The summed E-state index contributed by atoms with van der Waals surface area (Å²) in [5.74, 6) is -0.761. The van der Waals surface area contributed by atoms with Crippen LogP contribution in [0.2, 0.25) is 0 Å². The van der Waals surface area contributed by atoms with Gasteiger partial charge in [-0.25, -0.2) is 9.59 Å². The number of nitrogens with zero attached hydrogens (tertiary/aromatic N) is 3. The molecule has 2 saturated heterocycles. The molecule has 1 N–H and O–H groups in total. The Bertz CT molecular complexity index is 1740. The Morgan fingerprint density at radius 1 is 1.02 bits per heavy atom. The van der Waals surface area contributed by atoms with E-state index in [9.17, 15) is 9.59 Å². The third-order valence-corrected chi connectivity index (χ3v) is 9.73. The maximum atomic E-state index is 12.5. The summed E-state index contributed by atoms with van der Waals surface area (Å²) in [6.07, 6.45) is 3.40. The normalized spacial score (nSPS) is 17.2.